The molecule has 0 saturated carbocycles. The predicted molar refractivity (Wildman–Crippen MR) is 116 cm³/mol. The SMILES string of the molecule is CCn1c(C2CCCN2C(=O)Nc2ccc(Cl)c(C(=O)OC)c2)nc2ccccc21. The van der Waals surface area contributed by atoms with Crippen molar-refractivity contribution >= 4 is 40.3 Å². The largest absolute Gasteiger partial charge is 0.465 e. The van der Waals surface area contributed by atoms with Crippen molar-refractivity contribution in [3.63, 3.8) is 0 Å². The van der Waals surface area contributed by atoms with E-state index in [0.29, 0.717) is 12.2 Å². The number of aryl methyl sites for hydroxylation is 1. The third-order valence-electron chi connectivity index (χ3n) is 5.43. The minimum Gasteiger partial charge on any atom is -0.465 e. The standard InChI is InChI=1S/C22H23ClN4O3/c1-3-26-18-8-5-4-7-17(18)25-20(26)19-9-6-12-27(19)22(29)24-14-10-11-16(23)15(13-14)21(28)30-2/h4-5,7-8,10-11,13,19H,3,6,9,12H2,1-2H3,(H,24,29). The molecule has 3 aromatic rings. The van der Waals surface area contributed by atoms with Gasteiger partial charge in [0.1, 0.15) is 5.82 Å². The van der Waals surface area contributed by atoms with Crippen LogP contribution in [-0.2, 0) is 11.3 Å². The van der Waals surface area contributed by atoms with E-state index >= 15 is 0 Å². The number of hydrogen-bond acceptors (Lipinski definition) is 4. The van der Waals surface area contributed by atoms with Gasteiger partial charge in [0.05, 0.1) is 34.8 Å². The first kappa shape index (κ1) is 20.2. The second kappa shape index (κ2) is 8.36. The van der Waals surface area contributed by atoms with Crippen LogP contribution in [-0.4, -0.2) is 40.1 Å². The van der Waals surface area contributed by atoms with Gasteiger partial charge in [-0.15, -0.1) is 0 Å². The molecule has 7 nitrogen and oxygen atoms in total. The number of halogens is 1. The number of carbonyl (C=O) groups is 2. The Bertz CT molecular complexity index is 1110. The zero-order chi connectivity index (χ0) is 21.3. The number of benzene rings is 2. The number of methoxy groups -OCH3 is 1. The molecule has 2 amide bonds. The van der Waals surface area contributed by atoms with E-state index in [9.17, 15) is 9.59 Å². The fraction of sp³-hybridized carbons (Fsp3) is 0.318. The third-order valence-corrected chi connectivity index (χ3v) is 5.76. The highest BCUT2D eigenvalue weighted by atomic mass is 35.5. The fourth-order valence-corrected chi connectivity index (χ4v) is 4.22. The molecule has 1 aliphatic rings. The van der Waals surface area contributed by atoms with Crippen LogP contribution in [0.2, 0.25) is 5.02 Å². The number of nitrogens with one attached hydrogen (secondary N) is 1. The summed E-state index contributed by atoms with van der Waals surface area (Å²) in [5, 5.41) is 3.16. The summed E-state index contributed by atoms with van der Waals surface area (Å²) in [7, 11) is 1.29. The molecule has 0 spiro atoms. The van der Waals surface area contributed by atoms with E-state index in [0.717, 1.165) is 36.2 Å². The van der Waals surface area contributed by atoms with E-state index in [1.807, 2.05) is 18.2 Å². The van der Waals surface area contributed by atoms with Crippen LogP contribution in [0.15, 0.2) is 42.5 Å². The zero-order valence-corrected chi connectivity index (χ0v) is 17.6. The first-order chi connectivity index (χ1) is 14.5. The summed E-state index contributed by atoms with van der Waals surface area (Å²) in [6.45, 7) is 3.50. The first-order valence-corrected chi connectivity index (χ1v) is 10.3. The summed E-state index contributed by atoms with van der Waals surface area (Å²) in [6, 6.07) is 12.4. The topological polar surface area (TPSA) is 76.5 Å². The number of ether oxygens (including phenoxy) is 1. The Balaban J connectivity index is 1.60. The highest BCUT2D eigenvalue weighted by molar-refractivity contribution is 6.33. The molecule has 0 aliphatic carbocycles. The molecule has 1 fully saturated rings. The van der Waals surface area contributed by atoms with E-state index in [1.54, 1.807) is 17.0 Å². The van der Waals surface area contributed by atoms with Gasteiger partial charge in [-0.1, -0.05) is 23.7 Å². The number of fused-ring (bicyclic) bond motifs is 1. The molecular weight excluding hydrogens is 404 g/mol. The lowest BCUT2D eigenvalue weighted by atomic mass is 10.2. The molecule has 0 bridgehead atoms. The summed E-state index contributed by atoms with van der Waals surface area (Å²) in [5.74, 6) is 0.351. The zero-order valence-electron chi connectivity index (χ0n) is 16.9. The van der Waals surface area contributed by atoms with E-state index in [4.69, 9.17) is 21.3 Å². The van der Waals surface area contributed by atoms with Crippen LogP contribution in [0.3, 0.4) is 0 Å². The van der Waals surface area contributed by atoms with Crippen LogP contribution >= 0.6 is 11.6 Å². The maximum absolute atomic E-state index is 13.1. The van der Waals surface area contributed by atoms with Crippen molar-refractivity contribution in [2.24, 2.45) is 0 Å². The lowest BCUT2D eigenvalue weighted by Gasteiger charge is -2.25. The second-order valence-corrected chi connectivity index (χ2v) is 7.58. The molecule has 1 atom stereocenters. The Morgan fingerprint density at radius 1 is 1.27 bits per heavy atom. The molecule has 0 radical (unpaired) electrons. The van der Waals surface area contributed by atoms with Gasteiger partial charge >= 0.3 is 12.0 Å². The third kappa shape index (κ3) is 3.61. The molecule has 1 aromatic heterocycles. The number of likely N-dealkylation sites (tertiary alicyclic amines) is 1. The molecule has 1 aliphatic heterocycles. The van der Waals surface area contributed by atoms with Crippen molar-refractivity contribution in [1.82, 2.24) is 14.5 Å². The van der Waals surface area contributed by atoms with E-state index in [1.165, 1.54) is 13.2 Å². The summed E-state index contributed by atoms with van der Waals surface area (Å²) in [6.07, 6.45) is 1.75. The highest BCUT2D eigenvalue weighted by Crippen LogP contribution is 2.34. The quantitative estimate of drug-likeness (QED) is 0.604. The average molecular weight is 427 g/mol. The van der Waals surface area contributed by atoms with Crippen LogP contribution in [0.4, 0.5) is 10.5 Å². The van der Waals surface area contributed by atoms with Crippen molar-refractivity contribution < 1.29 is 14.3 Å². The lowest BCUT2D eigenvalue weighted by molar-refractivity contribution is 0.0601. The van der Waals surface area contributed by atoms with Crippen LogP contribution in [0.5, 0.6) is 0 Å². The van der Waals surface area contributed by atoms with Crippen molar-refractivity contribution in [2.45, 2.75) is 32.4 Å². The van der Waals surface area contributed by atoms with Gasteiger partial charge in [-0.25, -0.2) is 14.6 Å². The van der Waals surface area contributed by atoms with E-state index in [-0.39, 0.29) is 22.7 Å². The maximum Gasteiger partial charge on any atom is 0.339 e. The normalized spacial score (nSPS) is 16.1. The van der Waals surface area contributed by atoms with Crippen LogP contribution in [0.1, 0.15) is 42.0 Å². The van der Waals surface area contributed by atoms with Crippen LogP contribution in [0, 0.1) is 0 Å². The minimum absolute atomic E-state index is 0.107. The van der Waals surface area contributed by atoms with Gasteiger partial charge in [0.25, 0.3) is 0 Å². The molecule has 30 heavy (non-hydrogen) atoms. The van der Waals surface area contributed by atoms with Gasteiger partial charge < -0.3 is 19.5 Å². The summed E-state index contributed by atoms with van der Waals surface area (Å²) < 4.78 is 6.92. The number of imidazole rings is 1. The molecule has 2 heterocycles. The number of esters is 1. The fourth-order valence-electron chi connectivity index (χ4n) is 4.02. The monoisotopic (exact) mass is 426 g/mol. The molecule has 1 saturated heterocycles. The van der Waals surface area contributed by atoms with Crippen LogP contribution in [0.25, 0.3) is 11.0 Å². The number of nitrogens with zero attached hydrogens (tertiary/aromatic N) is 3. The second-order valence-electron chi connectivity index (χ2n) is 7.17. The summed E-state index contributed by atoms with van der Waals surface area (Å²) in [5.41, 5.74) is 2.70. The van der Waals surface area contributed by atoms with Crippen molar-refractivity contribution in [1.29, 1.82) is 0 Å². The molecule has 1 N–H and O–H groups in total. The highest BCUT2D eigenvalue weighted by Gasteiger charge is 2.33. The van der Waals surface area contributed by atoms with Gasteiger partial charge in [-0.2, -0.15) is 0 Å². The van der Waals surface area contributed by atoms with Crippen molar-refractivity contribution in [3.05, 3.63) is 58.9 Å². The predicted octanol–water partition coefficient (Wildman–Crippen LogP) is 4.87. The van der Waals surface area contributed by atoms with Gasteiger partial charge in [0.15, 0.2) is 0 Å². The van der Waals surface area contributed by atoms with Crippen LogP contribution < -0.4 is 5.32 Å². The summed E-state index contributed by atoms with van der Waals surface area (Å²) >= 11 is 6.07. The molecule has 2 aromatic carbocycles. The molecule has 8 heteroatoms. The molecular formula is C22H23ClN4O3. The smallest absolute Gasteiger partial charge is 0.339 e. The van der Waals surface area contributed by atoms with Gasteiger partial charge in [-0.3, -0.25) is 0 Å². The number of urea groups is 1. The first-order valence-electron chi connectivity index (χ1n) is 9.94. The number of carbonyl (C=O) groups excluding carboxylic acids is 2. The molecule has 1 unspecified atom stereocenters. The van der Waals surface area contributed by atoms with Crippen molar-refractivity contribution in [2.75, 3.05) is 19.0 Å². The minimum atomic E-state index is -0.549. The Hall–Kier alpha value is -3.06. The average Bonchev–Trinajstić information content (AvgIpc) is 3.38. The van der Waals surface area contributed by atoms with E-state index in [2.05, 4.69) is 22.9 Å². The lowest BCUT2D eigenvalue weighted by Crippen LogP contribution is -2.35. The Labute approximate surface area is 179 Å². The molecule has 156 valence electrons. The summed E-state index contributed by atoms with van der Waals surface area (Å²) in [4.78, 5) is 31.6. The number of anilines is 1. The number of rotatable bonds is 4. The van der Waals surface area contributed by atoms with Gasteiger partial charge in [-0.05, 0) is 50.1 Å². The number of hydrogen-bond donors (Lipinski definition) is 1. The van der Waals surface area contributed by atoms with Gasteiger partial charge in [0, 0.05) is 18.8 Å². The van der Waals surface area contributed by atoms with E-state index < -0.39 is 5.97 Å². The van der Waals surface area contributed by atoms with Gasteiger partial charge in [0.2, 0.25) is 0 Å². The Kier molecular flexibility index (Phi) is 5.63. The Morgan fingerprint density at radius 2 is 2.07 bits per heavy atom. The number of amides is 2. The maximum atomic E-state index is 13.1. The van der Waals surface area contributed by atoms with Crippen molar-refractivity contribution in [3.8, 4) is 0 Å². The number of aromatic nitrogens is 2. The molecule has 4 rings (SSSR count). The number of para-hydroxylation sites is 2. The Morgan fingerprint density at radius 3 is 2.83 bits per heavy atom.